The first kappa shape index (κ1) is 55.1. The van der Waals surface area contributed by atoms with Crippen LogP contribution < -0.4 is 0 Å². The van der Waals surface area contributed by atoms with E-state index in [1.54, 1.807) is 0 Å². The van der Waals surface area contributed by atoms with Gasteiger partial charge >= 0.3 is 0 Å². The first-order valence-electron chi connectivity index (χ1n) is 21.1. The van der Waals surface area contributed by atoms with Crippen LogP contribution in [-0.4, -0.2) is 326 Å². The molecule has 6 fully saturated rings. The summed E-state index contributed by atoms with van der Waals surface area (Å²) in [5, 5.41) is 211. The summed E-state index contributed by atoms with van der Waals surface area (Å²) in [5.74, 6) is 0. The van der Waals surface area contributed by atoms with Crippen molar-refractivity contribution in [3.63, 3.8) is 0 Å². The Hall–Kier alpha value is -1.24. The van der Waals surface area contributed by atoms with E-state index < -0.39 is 224 Å². The van der Waals surface area contributed by atoms with Crippen molar-refractivity contribution in [1.29, 1.82) is 0 Å². The lowest BCUT2D eigenvalue weighted by atomic mass is 9.95. The maximum atomic E-state index is 11.5. The fourth-order valence-corrected chi connectivity index (χ4v) is 8.49. The number of hydrogen-bond donors (Lipinski definition) is 20. The van der Waals surface area contributed by atoms with E-state index in [4.69, 9.17) is 52.1 Å². The van der Waals surface area contributed by atoms with Gasteiger partial charge in [0, 0.05) is 0 Å². The minimum absolute atomic E-state index is 0.862. The monoisotopic (exact) mass is 990 g/mol. The minimum atomic E-state index is -2.26. The molecule has 0 unspecified atom stereocenters. The Kier molecular flexibility index (Phi) is 19.4. The van der Waals surface area contributed by atoms with Gasteiger partial charge in [-0.1, -0.05) is 0 Å². The summed E-state index contributed by atoms with van der Waals surface area (Å²) in [6, 6.07) is 0. The molecule has 0 aromatic rings. The summed E-state index contributed by atoms with van der Waals surface area (Å²) in [6.07, 6.45) is -58.5. The second kappa shape index (κ2) is 23.5. The zero-order chi connectivity index (χ0) is 49.3. The SMILES string of the molecule is OC[C@H]1O[C@@H](O[C@@H]2[C@@H](O)[C@H](O[C@@H]3[C@@H](O)[C@H](O[C@@H]4[C@@H](O)[C@H](O[C@@H]5[C@@H](O)[C@H](O[C@@H]6[C@H](O)[C@H](O)O[C@H](CO)[C@H]6O)O[C@H](CO)[C@H]5O)O[C@H](CO)[C@H]4O)O[C@H](CO)[C@H]3O)O[C@H](CO)[C@H]2O)[C@H](O)[C@@H](O)[C@@H]1O. The molecule has 0 amide bonds. The van der Waals surface area contributed by atoms with Crippen molar-refractivity contribution in [2.24, 2.45) is 0 Å². The van der Waals surface area contributed by atoms with Gasteiger partial charge in [0.05, 0.1) is 39.6 Å². The topological polar surface area (TPSA) is 506 Å². The van der Waals surface area contributed by atoms with Crippen LogP contribution in [0.2, 0.25) is 0 Å². The van der Waals surface area contributed by atoms with Crippen molar-refractivity contribution in [2.75, 3.05) is 39.6 Å². The molecule has 6 aliphatic rings. The van der Waals surface area contributed by atoms with Crippen LogP contribution in [0.25, 0.3) is 0 Å². The van der Waals surface area contributed by atoms with E-state index in [0.717, 1.165) is 0 Å². The summed E-state index contributed by atoms with van der Waals surface area (Å²) in [7, 11) is 0. The fourth-order valence-electron chi connectivity index (χ4n) is 8.49. The fraction of sp³-hybridized carbons (Fsp3) is 1.00. The Bertz CT molecular complexity index is 1510. The van der Waals surface area contributed by atoms with Crippen LogP contribution in [0.1, 0.15) is 0 Å². The lowest BCUT2D eigenvalue weighted by Crippen LogP contribution is -2.68. The molecule has 0 aromatic carbocycles. The van der Waals surface area contributed by atoms with Crippen LogP contribution in [0.3, 0.4) is 0 Å². The number of aliphatic hydroxyl groups is 20. The Balaban J connectivity index is 1.18. The molecule has 0 radical (unpaired) electrons. The molecule has 0 aliphatic carbocycles. The molecule has 0 saturated carbocycles. The van der Waals surface area contributed by atoms with Gasteiger partial charge in [-0.15, -0.1) is 0 Å². The quantitative estimate of drug-likeness (QED) is 0.0683. The van der Waals surface area contributed by atoms with Gasteiger partial charge in [-0.2, -0.15) is 0 Å². The summed E-state index contributed by atoms with van der Waals surface area (Å²) in [4.78, 5) is 0. The van der Waals surface area contributed by atoms with E-state index in [9.17, 15) is 102 Å². The predicted molar refractivity (Wildman–Crippen MR) is 199 cm³/mol. The van der Waals surface area contributed by atoms with Gasteiger partial charge in [-0.05, 0) is 0 Å². The molecule has 6 heterocycles. The van der Waals surface area contributed by atoms with Crippen LogP contribution in [0.4, 0.5) is 0 Å². The molecule has 67 heavy (non-hydrogen) atoms. The van der Waals surface area contributed by atoms with Crippen molar-refractivity contribution < 1.29 is 154 Å². The van der Waals surface area contributed by atoms with Crippen LogP contribution in [-0.2, 0) is 52.1 Å². The molecule has 0 aromatic heterocycles. The number of hydrogen-bond acceptors (Lipinski definition) is 31. The highest BCUT2D eigenvalue weighted by atomic mass is 16.8. The highest BCUT2D eigenvalue weighted by molar-refractivity contribution is 5.00. The predicted octanol–water partition coefficient (Wildman–Crippen LogP) is -14.1. The van der Waals surface area contributed by atoms with Crippen LogP contribution in [0, 0.1) is 0 Å². The zero-order valence-corrected chi connectivity index (χ0v) is 35.0. The Morgan fingerprint density at radius 2 is 0.433 bits per heavy atom. The summed E-state index contributed by atoms with van der Waals surface area (Å²) in [6.45, 7) is -5.79. The highest BCUT2D eigenvalue weighted by Gasteiger charge is 2.58. The standard InChI is InChI=1S/C36H62O31/c37-1-7-13(43)19(49)20(50)32(58-7)64-27-15(45)9(3-39)60-34(22(27)52)66-29-17(47)11(5-41)62-36(24(29)54)67-30-18(48)12(6-42)61-35(25(30)55)65-28-16(46)10(4-40)59-33(23(28)53)63-26-14(44)8(2-38)57-31(56)21(26)51/h7-56H,1-6H2/t7-,8-,9-,10-,11-,12-,13-,14-,15-,16-,17-,18-,19+,20-,21+,22-,23-,24-,25-,26+,27+,28+,29+,30+,31-,32+,33+,34+,35+,36+/m1/s1. The maximum Gasteiger partial charge on any atom is 0.187 e. The van der Waals surface area contributed by atoms with Crippen LogP contribution in [0.5, 0.6) is 0 Å². The van der Waals surface area contributed by atoms with Gasteiger partial charge in [-0.3, -0.25) is 0 Å². The Morgan fingerprint density at radius 1 is 0.224 bits per heavy atom. The molecule has 6 saturated heterocycles. The molecule has 31 heteroatoms. The van der Waals surface area contributed by atoms with Crippen LogP contribution in [0.15, 0.2) is 0 Å². The van der Waals surface area contributed by atoms with E-state index in [1.165, 1.54) is 0 Å². The number of rotatable bonds is 16. The van der Waals surface area contributed by atoms with Gasteiger partial charge in [-0.25, -0.2) is 0 Å². The summed E-state index contributed by atoms with van der Waals surface area (Å²) in [5.41, 5.74) is 0. The second-order valence-corrected chi connectivity index (χ2v) is 16.8. The van der Waals surface area contributed by atoms with Gasteiger partial charge in [0.2, 0.25) is 0 Å². The molecule has 0 spiro atoms. The second-order valence-electron chi connectivity index (χ2n) is 16.8. The van der Waals surface area contributed by atoms with Crippen molar-refractivity contribution in [3.8, 4) is 0 Å². The average molecular weight is 991 g/mol. The lowest BCUT2D eigenvalue weighted by Gasteiger charge is -2.50. The van der Waals surface area contributed by atoms with E-state index in [2.05, 4.69) is 0 Å². The Labute approximate surface area is 378 Å². The highest BCUT2D eigenvalue weighted by Crippen LogP contribution is 2.37. The van der Waals surface area contributed by atoms with Gasteiger partial charge in [0.15, 0.2) is 37.7 Å². The average Bonchev–Trinajstić information content (AvgIpc) is 3.31. The van der Waals surface area contributed by atoms with Gasteiger partial charge in [0.25, 0.3) is 0 Å². The largest absolute Gasteiger partial charge is 0.394 e. The number of ether oxygens (including phenoxy) is 11. The van der Waals surface area contributed by atoms with Crippen molar-refractivity contribution in [1.82, 2.24) is 0 Å². The molecule has 31 nitrogen and oxygen atoms in total. The summed E-state index contributed by atoms with van der Waals surface area (Å²) < 4.78 is 60.4. The first-order valence-corrected chi connectivity index (χ1v) is 21.1. The first-order chi connectivity index (χ1) is 31.8. The molecular formula is C36H62O31. The third-order valence-corrected chi connectivity index (χ3v) is 12.4. The third kappa shape index (κ3) is 11.2. The minimum Gasteiger partial charge on any atom is -0.394 e. The molecule has 0 bridgehead atoms. The molecule has 30 atom stereocenters. The normalized spacial score (nSPS) is 53.4. The number of aliphatic hydroxyl groups excluding tert-OH is 20. The third-order valence-electron chi connectivity index (χ3n) is 12.4. The maximum absolute atomic E-state index is 11.5. The van der Waals surface area contributed by atoms with Gasteiger partial charge in [0.1, 0.15) is 146 Å². The van der Waals surface area contributed by atoms with E-state index in [0.29, 0.717) is 0 Å². The smallest absolute Gasteiger partial charge is 0.187 e. The van der Waals surface area contributed by atoms with E-state index in [-0.39, 0.29) is 0 Å². The molecular weight excluding hydrogens is 928 g/mol. The zero-order valence-electron chi connectivity index (χ0n) is 35.0. The Morgan fingerprint density at radius 3 is 0.687 bits per heavy atom. The molecule has 392 valence electrons. The van der Waals surface area contributed by atoms with Crippen molar-refractivity contribution >= 4 is 0 Å². The molecule has 20 N–H and O–H groups in total. The van der Waals surface area contributed by atoms with E-state index >= 15 is 0 Å². The molecule has 6 rings (SSSR count). The lowest BCUT2D eigenvalue weighted by molar-refractivity contribution is -0.398. The van der Waals surface area contributed by atoms with Crippen molar-refractivity contribution in [3.05, 3.63) is 0 Å². The summed E-state index contributed by atoms with van der Waals surface area (Å²) >= 11 is 0. The van der Waals surface area contributed by atoms with E-state index in [1.807, 2.05) is 0 Å². The molecule has 6 aliphatic heterocycles. The van der Waals surface area contributed by atoms with Crippen LogP contribution >= 0.6 is 0 Å². The van der Waals surface area contributed by atoms with Gasteiger partial charge < -0.3 is 154 Å². The van der Waals surface area contributed by atoms with Crippen molar-refractivity contribution in [2.45, 2.75) is 184 Å².